The Morgan fingerprint density at radius 1 is 1.48 bits per heavy atom. The number of halogens is 1. The highest BCUT2D eigenvalue weighted by Crippen LogP contribution is 2.24. The fourth-order valence-corrected chi connectivity index (χ4v) is 2.59. The van der Waals surface area contributed by atoms with Crippen LogP contribution in [0.4, 0.5) is 10.1 Å². The van der Waals surface area contributed by atoms with E-state index in [0.29, 0.717) is 6.07 Å². The van der Waals surface area contributed by atoms with Crippen molar-refractivity contribution in [1.29, 1.82) is 0 Å². The van der Waals surface area contributed by atoms with Gasteiger partial charge in [-0.05, 0) is 18.6 Å². The molecule has 0 aliphatic heterocycles. The molecule has 0 amide bonds. The van der Waals surface area contributed by atoms with Gasteiger partial charge < -0.3 is 10.2 Å². The van der Waals surface area contributed by atoms with Gasteiger partial charge in [0.2, 0.25) is 10.0 Å². The molecule has 1 aromatic carbocycles. The number of carboxylic acid groups (broad SMARTS) is 1. The summed E-state index contributed by atoms with van der Waals surface area (Å²) in [5.41, 5.74) is -0.943. The van der Waals surface area contributed by atoms with E-state index in [0.717, 1.165) is 12.1 Å². The molecule has 3 N–H and O–H groups in total. The molecule has 0 aromatic heterocycles. The molecule has 9 nitrogen and oxygen atoms in total. The third-order valence-corrected chi connectivity index (χ3v) is 3.91. The van der Waals surface area contributed by atoms with E-state index in [9.17, 15) is 27.7 Å². The number of aliphatic hydroxyl groups is 1. The van der Waals surface area contributed by atoms with Crippen LogP contribution in [0.5, 0.6) is 0 Å². The summed E-state index contributed by atoms with van der Waals surface area (Å²) in [7, 11) is -4.34. The van der Waals surface area contributed by atoms with Gasteiger partial charge in [0.05, 0.1) is 11.0 Å². The first-order valence-corrected chi connectivity index (χ1v) is 6.98. The van der Waals surface area contributed by atoms with Crippen LogP contribution in [0.3, 0.4) is 0 Å². The Hall–Kier alpha value is -2.11. The summed E-state index contributed by atoms with van der Waals surface area (Å²) in [5.74, 6) is -2.50. The van der Waals surface area contributed by atoms with Gasteiger partial charge in [0.15, 0.2) is 11.0 Å². The molecular formula is C10H11FN2O7S. The van der Waals surface area contributed by atoms with E-state index < -0.39 is 56.4 Å². The van der Waals surface area contributed by atoms with E-state index >= 15 is 0 Å². The van der Waals surface area contributed by atoms with Gasteiger partial charge in [-0.1, -0.05) is 0 Å². The number of aliphatic carboxylic acids is 1. The van der Waals surface area contributed by atoms with Crippen LogP contribution in [0.15, 0.2) is 23.1 Å². The Balaban J connectivity index is 2.93. The van der Waals surface area contributed by atoms with E-state index in [1.54, 1.807) is 0 Å². The molecule has 0 radical (unpaired) electrons. The molecule has 11 heteroatoms. The van der Waals surface area contributed by atoms with Gasteiger partial charge in [0.1, 0.15) is 5.82 Å². The molecule has 0 bridgehead atoms. The Morgan fingerprint density at radius 2 is 2.10 bits per heavy atom. The Kier molecular flexibility index (Phi) is 5.29. The zero-order valence-corrected chi connectivity index (χ0v) is 11.2. The van der Waals surface area contributed by atoms with E-state index in [2.05, 4.69) is 0 Å². The van der Waals surface area contributed by atoms with Crippen molar-refractivity contribution < 1.29 is 32.7 Å². The second-order valence-electron chi connectivity index (χ2n) is 3.91. The zero-order chi connectivity index (χ0) is 16.2. The number of nitro benzene ring substituents is 1. The quantitative estimate of drug-likeness (QED) is 0.467. The van der Waals surface area contributed by atoms with E-state index in [1.807, 2.05) is 4.72 Å². The number of aliphatic hydroxyl groups excluding tert-OH is 1. The van der Waals surface area contributed by atoms with Crippen LogP contribution in [0.1, 0.15) is 6.42 Å². The third-order valence-electron chi connectivity index (χ3n) is 2.40. The first-order chi connectivity index (χ1) is 9.65. The van der Waals surface area contributed by atoms with Gasteiger partial charge in [-0.2, -0.15) is 0 Å². The molecule has 0 fully saturated rings. The summed E-state index contributed by atoms with van der Waals surface area (Å²) in [4.78, 5) is 19.3. The summed E-state index contributed by atoms with van der Waals surface area (Å²) in [6, 6.07) is 1.93. The normalized spacial score (nSPS) is 12.9. The molecule has 0 saturated carbocycles. The van der Waals surface area contributed by atoms with E-state index in [1.165, 1.54) is 0 Å². The molecular weight excluding hydrogens is 311 g/mol. The molecule has 0 saturated heterocycles. The fourth-order valence-electron chi connectivity index (χ4n) is 1.39. The minimum atomic E-state index is -4.34. The molecule has 1 atom stereocenters. The highest BCUT2D eigenvalue weighted by molar-refractivity contribution is 7.89. The molecule has 0 spiro atoms. The lowest BCUT2D eigenvalue weighted by Gasteiger charge is -2.08. The fraction of sp³-hybridized carbons (Fsp3) is 0.300. The van der Waals surface area contributed by atoms with Crippen molar-refractivity contribution in [2.45, 2.75) is 17.4 Å². The first-order valence-electron chi connectivity index (χ1n) is 5.49. The highest BCUT2D eigenvalue weighted by Gasteiger charge is 2.26. The van der Waals surface area contributed by atoms with Crippen molar-refractivity contribution in [3.63, 3.8) is 0 Å². The molecule has 0 aliphatic carbocycles. The number of nitrogens with zero attached hydrogens (tertiary/aromatic N) is 1. The lowest BCUT2D eigenvalue weighted by Crippen LogP contribution is -2.30. The minimum absolute atomic E-state index is 0.427. The maximum Gasteiger partial charge on any atom is 0.332 e. The summed E-state index contributed by atoms with van der Waals surface area (Å²) in [6.45, 7) is -0.454. The predicted molar refractivity (Wildman–Crippen MR) is 66.5 cm³/mol. The number of nitro groups is 1. The second-order valence-corrected chi connectivity index (χ2v) is 5.65. The van der Waals surface area contributed by atoms with Crippen LogP contribution in [0.2, 0.25) is 0 Å². The smallest absolute Gasteiger partial charge is 0.332 e. The molecule has 1 unspecified atom stereocenters. The Morgan fingerprint density at radius 3 is 2.62 bits per heavy atom. The molecule has 1 aromatic rings. The number of carbonyl (C=O) groups is 1. The van der Waals surface area contributed by atoms with Gasteiger partial charge >= 0.3 is 5.97 Å². The van der Waals surface area contributed by atoms with Crippen LogP contribution in [0.25, 0.3) is 0 Å². The number of hydrogen-bond donors (Lipinski definition) is 3. The number of nitrogens with one attached hydrogen (secondary N) is 1. The molecule has 116 valence electrons. The average molecular weight is 322 g/mol. The second kappa shape index (κ2) is 6.56. The topological polar surface area (TPSA) is 147 Å². The lowest BCUT2D eigenvalue weighted by atomic mass is 10.3. The number of carboxylic acids is 1. The number of hydrogen-bond acceptors (Lipinski definition) is 6. The largest absolute Gasteiger partial charge is 0.479 e. The number of rotatable bonds is 7. The maximum atomic E-state index is 12.9. The van der Waals surface area contributed by atoms with Crippen molar-refractivity contribution in [3.05, 3.63) is 34.1 Å². The van der Waals surface area contributed by atoms with Crippen molar-refractivity contribution in [2.24, 2.45) is 0 Å². The van der Waals surface area contributed by atoms with Crippen molar-refractivity contribution in [3.8, 4) is 0 Å². The summed E-state index contributed by atoms with van der Waals surface area (Å²) in [6.07, 6.45) is -2.19. The van der Waals surface area contributed by atoms with E-state index in [4.69, 9.17) is 10.2 Å². The standard InChI is InChI=1S/C10H11FN2O7S/c11-6-1-2-9(7(5-6)13(17)18)21(19,20)12-4-3-8(14)10(15)16/h1-2,5,8,12,14H,3-4H2,(H,15,16). The van der Waals surface area contributed by atoms with Gasteiger partial charge in [0, 0.05) is 6.54 Å². The summed E-state index contributed by atoms with van der Waals surface area (Å²) >= 11 is 0. The van der Waals surface area contributed by atoms with Crippen molar-refractivity contribution in [2.75, 3.05) is 6.54 Å². The predicted octanol–water partition coefficient (Wildman–Crippen LogP) is -0.152. The van der Waals surface area contributed by atoms with Crippen molar-refractivity contribution >= 4 is 21.7 Å². The maximum absolute atomic E-state index is 12.9. The molecule has 0 aliphatic rings. The number of benzene rings is 1. The monoisotopic (exact) mass is 322 g/mol. The Bertz CT molecular complexity index is 661. The highest BCUT2D eigenvalue weighted by atomic mass is 32.2. The van der Waals surface area contributed by atoms with Crippen LogP contribution >= 0.6 is 0 Å². The third kappa shape index (κ3) is 4.44. The van der Waals surface area contributed by atoms with Crippen LogP contribution in [0, 0.1) is 15.9 Å². The van der Waals surface area contributed by atoms with Gasteiger partial charge in [-0.15, -0.1) is 0 Å². The van der Waals surface area contributed by atoms with Crippen molar-refractivity contribution in [1.82, 2.24) is 4.72 Å². The first kappa shape index (κ1) is 16.9. The number of sulfonamides is 1. The summed E-state index contributed by atoms with van der Waals surface area (Å²) in [5, 5.41) is 28.1. The molecule has 0 heterocycles. The van der Waals surface area contributed by atoms with Crippen LogP contribution < -0.4 is 4.72 Å². The van der Waals surface area contributed by atoms with E-state index in [-0.39, 0.29) is 0 Å². The lowest BCUT2D eigenvalue weighted by molar-refractivity contribution is -0.388. The average Bonchev–Trinajstić information content (AvgIpc) is 2.37. The zero-order valence-electron chi connectivity index (χ0n) is 10.4. The van der Waals surface area contributed by atoms with Gasteiger partial charge in [-0.25, -0.2) is 22.3 Å². The van der Waals surface area contributed by atoms with Crippen LogP contribution in [-0.2, 0) is 14.8 Å². The summed E-state index contributed by atoms with van der Waals surface area (Å²) < 4.78 is 38.5. The van der Waals surface area contributed by atoms with Crippen LogP contribution in [-0.4, -0.2) is 42.2 Å². The SMILES string of the molecule is O=C(O)C(O)CCNS(=O)(=O)c1ccc(F)cc1[N+](=O)[O-]. The molecule has 1 rings (SSSR count). The minimum Gasteiger partial charge on any atom is -0.479 e. The Labute approximate surface area is 118 Å². The molecule has 21 heavy (non-hydrogen) atoms. The van der Waals surface area contributed by atoms with Gasteiger partial charge in [-0.3, -0.25) is 10.1 Å². The van der Waals surface area contributed by atoms with Gasteiger partial charge in [0.25, 0.3) is 5.69 Å².